The Bertz CT molecular complexity index is 311. The van der Waals surface area contributed by atoms with Crippen molar-refractivity contribution >= 4 is 11.8 Å². The highest BCUT2D eigenvalue weighted by atomic mass is 16.3. The third kappa shape index (κ3) is 3.19. The monoisotopic (exact) mass is 240 g/mol. The fraction of sp³-hybridized carbons (Fsp3) is 0.833. The SMILES string of the molecule is O=C1CC(C(=O)NCC2(O)CCCCC2)CN1. The lowest BCUT2D eigenvalue weighted by Crippen LogP contribution is -2.46. The zero-order valence-corrected chi connectivity index (χ0v) is 10.00. The maximum absolute atomic E-state index is 11.8. The molecule has 5 nitrogen and oxygen atoms in total. The maximum atomic E-state index is 11.8. The first-order valence-electron chi connectivity index (χ1n) is 6.36. The zero-order chi connectivity index (χ0) is 12.3. The van der Waals surface area contributed by atoms with Crippen molar-refractivity contribution in [1.29, 1.82) is 0 Å². The minimum atomic E-state index is -0.732. The van der Waals surface area contributed by atoms with Crippen molar-refractivity contribution in [1.82, 2.24) is 10.6 Å². The summed E-state index contributed by atoms with van der Waals surface area (Å²) in [5.74, 6) is -0.460. The molecular formula is C12H20N2O3. The quantitative estimate of drug-likeness (QED) is 0.646. The van der Waals surface area contributed by atoms with Crippen LogP contribution in [0.5, 0.6) is 0 Å². The summed E-state index contributed by atoms with van der Waals surface area (Å²) >= 11 is 0. The molecule has 1 aliphatic carbocycles. The molecule has 2 aliphatic rings. The number of rotatable bonds is 3. The topological polar surface area (TPSA) is 78.4 Å². The van der Waals surface area contributed by atoms with Crippen molar-refractivity contribution in [3.05, 3.63) is 0 Å². The van der Waals surface area contributed by atoms with Gasteiger partial charge in [0.05, 0.1) is 11.5 Å². The van der Waals surface area contributed by atoms with Gasteiger partial charge in [-0.25, -0.2) is 0 Å². The Labute approximate surface area is 101 Å². The molecule has 1 saturated heterocycles. The summed E-state index contributed by atoms with van der Waals surface area (Å²) in [4.78, 5) is 22.7. The van der Waals surface area contributed by atoms with Crippen LogP contribution in [0.4, 0.5) is 0 Å². The van der Waals surface area contributed by atoms with Gasteiger partial charge in [0.15, 0.2) is 0 Å². The molecule has 2 amide bonds. The Morgan fingerprint density at radius 3 is 2.71 bits per heavy atom. The summed E-state index contributed by atoms with van der Waals surface area (Å²) in [6.45, 7) is 0.736. The number of amides is 2. The van der Waals surface area contributed by atoms with Crippen LogP contribution in [0.15, 0.2) is 0 Å². The van der Waals surface area contributed by atoms with Gasteiger partial charge in [-0.05, 0) is 12.8 Å². The molecule has 0 aromatic heterocycles. The lowest BCUT2D eigenvalue weighted by atomic mass is 9.85. The van der Waals surface area contributed by atoms with Crippen LogP contribution in [-0.4, -0.2) is 35.6 Å². The lowest BCUT2D eigenvalue weighted by molar-refractivity contribution is -0.127. The van der Waals surface area contributed by atoms with E-state index in [1.165, 1.54) is 0 Å². The normalized spacial score (nSPS) is 27.6. The van der Waals surface area contributed by atoms with Gasteiger partial charge in [0.25, 0.3) is 0 Å². The van der Waals surface area contributed by atoms with Crippen LogP contribution in [0.1, 0.15) is 38.5 Å². The van der Waals surface area contributed by atoms with Gasteiger partial charge >= 0.3 is 0 Å². The zero-order valence-electron chi connectivity index (χ0n) is 10.00. The van der Waals surface area contributed by atoms with Crippen LogP contribution < -0.4 is 10.6 Å². The second-order valence-electron chi connectivity index (χ2n) is 5.21. The van der Waals surface area contributed by atoms with Gasteiger partial charge in [-0.3, -0.25) is 9.59 Å². The van der Waals surface area contributed by atoms with Crippen molar-refractivity contribution in [3.63, 3.8) is 0 Å². The lowest BCUT2D eigenvalue weighted by Gasteiger charge is -2.32. The fourth-order valence-corrected chi connectivity index (χ4v) is 2.57. The summed E-state index contributed by atoms with van der Waals surface area (Å²) in [5, 5.41) is 15.6. The molecule has 0 aromatic rings. The van der Waals surface area contributed by atoms with Crippen LogP contribution >= 0.6 is 0 Å². The first-order valence-corrected chi connectivity index (χ1v) is 6.36. The van der Waals surface area contributed by atoms with E-state index in [-0.39, 0.29) is 24.2 Å². The number of carbonyl (C=O) groups is 2. The van der Waals surface area contributed by atoms with E-state index in [2.05, 4.69) is 10.6 Å². The summed E-state index contributed by atoms with van der Waals surface area (Å²) in [6, 6.07) is 0. The van der Waals surface area contributed by atoms with E-state index in [1.807, 2.05) is 0 Å². The van der Waals surface area contributed by atoms with Crippen molar-refractivity contribution in [2.45, 2.75) is 44.1 Å². The molecule has 0 bridgehead atoms. The molecule has 0 spiro atoms. The molecule has 2 rings (SSSR count). The Morgan fingerprint density at radius 1 is 1.41 bits per heavy atom. The molecule has 0 aromatic carbocycles. The molecule has 0 radical (unpaired) electrons. The summed E-state index contributed by atoms with van der Waals surface area (Å²) in [6.07, 6.45) is 5.00. The minimum Gasteiger partial charge on any atom is -0.388 e. The second kappa shape index (κ2) is 5.04. The molecule has 1 heterocycles. The van der Waals surface area contributed by atoms with Crippen LogP contribution in [0, 0.1) is 5.92 Å². The van der Waals surface area contributed by atoms with E-state index in [9.17, 15) is 14.7 Å². The number of hydrogen-bond donors (Lipinski definition) is 3. The standard InChI is InChI=1S/C12H20N2O3/c15-10-6-9(7-13-10)11(16)14-8-12(17)4-2-1-3-5-12/h9,17H,1-8H2,(H,13,15)(H,14,16). The van der Waals surface area contributed by atoms with Gasteiger partial charge in [0, 0.05) is 19.5 Å². The number of aliphatic hydroxyl groups is 1. The molecule has 96 valence electrons. The Balaban J connectivity index is 1.77. The average molecular weight is 240 g/mol. The smallest absolute Gasteiger partial charge is 0.225 e. The average Bonchev–Trinajstić information content (AvgIpc) is 2.74. The van der Waals surface area contributed by atoms with E-state index >= 15 is 0 Å². The van der Waals surface area contributed by atoms with E-state index in [0.29, 0.717) is 13.1 Å². The highest BCUT2D eigenvalue weighted by Crippen LogP contribution is 2.27. The number of carbonyl (C=O) groups excluding carboxylic acids is 2. The Hall–Kier alpha value is -1.10. The molecule has 1 aliphatic heterocycles. The molecule has 2 fully saturated rings. The van der Waals surface area contributed by atoms with Gasteiger partial charge < -0.3 is 15.7 Å². The molecule has 1 unspecified atom stereocenters. The van der Waals surface area contributed by atoms with Crippen LogP contribution in [0.25, 0.3) is 0 Å². The van der Waals surface area contributed by atoms with Gasteiger partial charge in [0.1, 0.15) is 0 Å². The Morgan fingerprint density at radius 2 is 2.12 bits per heavy atom. The molecule has 5 heteroatoms. The molecule has 17 heavy (non-hydrogen) atoms. The predicted octanol–water partition coefficient (Wildman–Crippen LogP) is -0.0661. The molecular weight excluding hydrogens is 220 g/mol. The van der Waals surface area contributed by atoms with Gasteiger partial charge in [-0.1, -0.05) is 19.3 Å². The number of hydrogen-bond acceptors (Lipinski definition) is 3. The highest BCUT2D eigenvalue weighted by molar-refractivity contribution is 5.89. The first kappa shape index (κ1) is 12.4. The van der Waals surface area contributed by atoms with Crippen molar-refractivity contribution in [3.8, 4) is 0 Å². The van der Waals surface area contributed by atoms with Gasteiger partial charge in [-0.2, -0.15) is 0 Å². The van der Waals surface area contributed by atoms with Crippen LogP contribution in [0.2, 0.25) is 0 Å². The highest BCUT2D eigenvalue weighted by Gasteiger charge is 2.32. The number of nitrogens with one attached hydrogen (secondary N) is 2. The second-order valence-corrected chi connectivity index (χ2v) is 5.21. The third-order valence-electron chi connectivity index (χ3n) is 3.72. The van der Waals surface area contributed by atoms with Crippen LogP contribution in [0.3, 0.4) is 0 Å². The van der Waals surface area contributed by atoms with E-state index in [4.69, 9.17) is 0 Å². The molecule has 3 N–H and O–H groups in total. The predicted molar refractivity (Wildman–Crippen MR) is 62.2 cm³/mol. The minimum absolute atomic E-state index is 0.0680. The first-order chi connectivity index (χ1) is 8.09. The van der Waals surface area contributed by atoms with E-state index in [0.717, 1.165) is 32.1 Å². The molecule has 1 atom stereocenters. The van der Waals surface area contributed by atoms with Crippen molar-refractivity contribution in [2.24, 2.45) is 5.92 Å². The van der Waals surface area contributed by atoms with E-state index < -0.39 is 5.60 Å². The van der Waals surface area contributed by atoms with Crippen molar-refractivity contribution in [2.75, 3.05) is 13.1 Å². The van der Waals surface area contributed by atoms with Gasteiger partial charge in [0.2, 0.25) is 11.8 Å². The van der Waals surface area contributed by atoms with Crippen LogP contribution in [-0.2, 0) is 9.59 Å². The van der Waals surface area contributed by atoms with E-state index in [1.54, 1.807) is 0 Å². The maximum Gasteiger partial charge on any atom is 0.225 e. The largest absolute Gasteiger partial charge is 0.388 e. The fourth-order valence-electron chi connectivity index (χ4n) is 2.57. The third-order valence-corrected chi connectivity index (χ3v) is 3.72. The summed E-state index contributed by atoms with van der Waals surface area (Å²) in [5.41, 5.74) is -0.732. The molecule has 1 saturated carbocycles. The van der Waals surface area contributed by atoms with Gasteiger partial charge in [-0.15, -0.1) is 0 Å². The Kier molecular flexibility index (Phi) is 3.66. The van der Waals surface area contributed by atoms with Crippen molar-refractivity contribution < 1.29 is 14.7 Å². The summed E-state index contributed by atoms with van der Waals surface area (Å²) in [7, 11) is 0. The summed E-state index contributed by atoms with van der Waals surface area (Å²) < 4.78 is 0.